The number of hydrogen-bond donors (Lipinski definition) is 1. The smallest absolute Gasteiger partial charge is 0.293 e. The predicted molar refractivity (Wildman–Crippen MR) is 103 cm³/mol. The molecular formula is C19H21N5O2. The van der Waals surface area contributed by atoms with E-state index >= 15 is 0 Å². The van der Waals surface area contributed by atoms with E-state index in [1.807, 2.05) is 28.9 Å². The Morgan fingerprint density at radius 2 is 1.96 bits per heavy atom. The van der Waals surface area contributed by atoms with Crippen LogP contribution in [0.3, 0.4) is 0 Å². The number of aromatic nitrogens is 2. The number of hydrogen-bond acceptors (Lipinski definition) is 5. The van der Waals surface area contributed by atoms with Crippen LogP contribution in [-0.2, 0) is 6.54 Å². The van der Waals surface area contributed by atoms with Gasteiger partial charge in [-0.05, 0) is 25.2 Å². The Morgan fingerprint density at radius 3 is 2.69 bits per heavy atom. The Hall–Kier alpha value is -2.93. The molecule has 1 aliphatic rings. The highest BCUT2D eigenvalue weighted by molar-refractivity contribution is 6.11. The summed E-state index contributed by atoms with van der Waals surface area (Å²) in [6.07, 6.45) is 0. The summed E-state index contributed by atoms with van der Waals surface area (Å²) in [6.45, 7) is 7.90. The number of rotatable bonds is 6. The average Bonchev–Trinajstić information content (AvgIpc) is 3.03. The van der Waals surface area contributed by atoms with Crippen LogP contribution in [0.2, 0.25) is 0 Å². The minimum atomic E-state index is -0.341. The Kier molecular flexibility index (Phi) is 4.08. The highest BCUT2D eigenvalue weighted by Gasteiger charge is 2.29. The lowest BCUT2D eigenvalue weighted by molar-refractivity contribution is -0.383. The van der Waals surface area contributed by atoms with Crippen molar-refractivity contribution in [3.63, 3.8) is 0 Å². The summed E-state index contributed by atoms with van der Waals surface area (Å²) in [5, 5.41) is 20.3. The van der Waals surface area contributed by atoms with Gasteiger partial charge in [0.05, 0.1) is 28.1 Å². The van der Waals surface area contributed by atoms with Gasteiger partial charge in [0, 0.05) is 23.9 Å². The number of likely N-dealkylation sites (N-methyl/N-ethyl adjacent to an activating group) is 1. The first-order chi connectivity index (χ1) is 12.6. The quantitative estimate of drug-likeness (QED) is 0.419. The van der Waals surface area contributed by atoms with E-state index < -0.39 is 0 Å². The van der Waals surface area contributed by atoms with Gasteiger partial charge in [0.15, 0.2) is 0 Å². The van der Waals surface area contributed by atoms with Crippen LogP contribution in [0.15, 0.2) is 36.4 Å². The lowest BCUT2D eigenvalue weighted by Gasteiger charge is -2.21. The minimum Gasteiger partial charge on any atom is -0.349 e. The SMILES string of the molecule is CCN(CC)CCn1nc2ccc([N+](=O)[O-])c3c2c1-c1ccccc1N3. The number of anilines is 2. The van der Waals surface area contributed by atoms with Crippen LogP contribution < -0.4 is 5.32 Å². The van der Waals surface area contributed by atoms with Crippen molar-refractivity contribution in [1.82, 2.24) is 14.7 Å². The summed E-state index contributed by atoms with van der Waals surface area (Å²) in [5.74, 6) is 0. The fourth-order valence-electron chi connectivity index (χ4n) is 3.64. The maximum atomic E-state index is 11.5. The fraction of sp³-hybridized carbons (Fsp3) is 0.316. The molecule has 0 amide bonds. The predicted octanol–water partition coefficient (Wildman–Crippen LogP) is 4.01. The molecule has 7 nitrogen and oxygen atoms in total. The van der Waals surface area contributed by atoms with E-state index in [0.717, 1.165) is 54.0 Å². The highest BCUT2D eigenvalue weighted by atomic mass is 16.6. The third kappa shape index (κ3) is 2.52. The van der Waals surface area contributed by atoms with Gasteiger partial charge in [-0.1, -0.05) is 32.0 Å². The maximum Gasteiger partial charge on any atom is 0.293 e. The van der Waals surface area contributed by atoms with Crippen LogP contribution in [0.25, 0.3) is 22.2 Å². The number of nitrogens with zero attached hydrogens (tertiary/aromatic N) is 4. The maximum absolute atomic E-state index is 11.5. The van der Waals surface area contributed by atoms with Gasteiger partial charge in [0.2, 0.25) is 0 Å². The summed E-state index contributed by atoms with van der Waals surface area (Å²) in [4.78, 5) is 13.5. The van der Waals surface area contributed by atoms with E-state index in [1.165, 1.54) is 6.07 Å². The van der Waals surface area contributed by atoms with Crippen LogP contribution in [0.5, 0.6) is 0 Å². The summed E-state index contributed by atoms with van der Waals surface area (Å²) < 4.78 is 2.00. The van der Waals surface area contributed by atoms with Crippen molar-refractivity contribution in [2.24, 2.45) is 0 Å². The molecule has 0 saturated carbocycles. The highest BCUT2D eigenvalue weighted by Crippen LogP contribution is 2.47. The van der Waals surface area contributed by atoms with Crippen LogP contribution in [0.1, 0.15) is 13.8 Å². The van der Waals surface area contributed by atoms with E-state index in [4.69, 9.17) is 5.10 Å². The zero-order valence-corrected chi connectivity index (χ0v) is 14.9. The van der Waals surface area contributed by atoms with Crippen LogP contribution in [-0.4, -0.2) is 39.2 Å². The molecule has 0 fully saturated rings. The van der Waals surface area contributed by atoms with E-state index in [0.29, 0.717) is 5.69 Å². The monoisotopic (exact) mass is 351 g/mol. The van der Waals surface area contributed by atoms with Crippen molar-refractivity contribution in [3.05, 3.63) is 46.5 Å². The topological polar surface area (TPSA) is 76.2 Å². The lowest BCUT2D eigenvalue weighted by atomic mass is 9.99. The van der Waals surface area contributed by atoms with E-state index in [2.05, 4.69) is 24.1 Å². The Balaban J connectivity index is 1.91. The summed E-state index contributed by atoms with van der Waals surface area (Å²) >= 11 is 0. The molecule has 1 aromatic heterocycles. The Labute approximate surface area is 151 Å². The van der Waals surface area contributed by atoms with Gasteiger partial charge in [-0.25, -0.2) is 0 Å². The zero-order chi connectivity index (χ0) is 18.3. The van der Waals surface area contributed by atoms with Crippen LogP contribution >= 0.6 is 0 Å². The van der Waals surface area contributed by atoms with Crippen molar-refractivity contribution < 1.29 is 4.92 Å². The number of para-hydroxylation sites is 1. The number of benzene rings is 2. The summed E-state index contributed by atoms with van der Waals surface area (Å²) in [6, 6.07) is 11.2. The van der Waals surface area contributed by atoms with Crippen LogP contribution in [0.4, 0.5) is 17.1 Å². The molecule has 134 valence electrons. The van der Waals surface area contributed by atoms with Gasteiger partial charge in [-0.3, -0.25) is 14.8 Å². The third-order valence-electron chi connectivity index (χ3n) is 5.05. The van der Waals surface area contributed by atoms with E-state index in [1.54, 1.807) is 6.07 Å². The largest absolute Gasteiger partial charge is 0.349 e. The second kappa shape index (κ2) is 6.42. The molecule has 7 heteroatoms. The average molecular weight is 351 g/mol. The molecule has 2 aromatic carbocycles. The molecule has 0 bridgehead atoms. The standard InChI is InChI=1S/C19H21N5O2/c1-3-22(4-2)11-12-23-19-13-7-5-6-8-14(13)20-18-16(24(25)26)10-9-15(21-23)17(18)19/h5-10,20H,3-4,11-12H2,1-2H3. The number of fused-ring (bicyclic) bond motifs is 2. The van der Waals surface area contributed by atoms with E-state index in [9.17, 15) is 10.1 Å². The first-order valence-electron chi connectivity index (χ1n) is 8.90. The van der Waals surface area contributed by atoms with Crippen molar-refractivity contribution in [1.29, 1.82) is 0 Å². The van der Waals surface area contributed by atoms with Crippen LogP contribution in [0, 0.1) is 10.1 Å². The van der Waals surface area contributed by atoms with Crippen molar-refractivity contribution in [2.75, 3.05) is 25.0 Å². The molecule has 1 aliphatic heterocycles. The van der Waals surface area contributed by atoms with Gasteiger partial charge in [-0.2, -0.15) is 5.10 Å². The molecule has 4 rings (SSSR count). The summed E-state index contributed by atoms with van der Waals surface area (Å²) in [5.41, 5.74) is 4.26. The van der Waals surface area contributed by atoms with Gasteiger partial charge in [-0.15, -0.1) is 0 Å². The first kappa shape index (κ1) is 16.5. The molecule has 0 saturated heterocycles. The molecule has 0 atom stereocenters. The van der Waals surface area contributed by atoms with Gasteiger partial charge in [0.25, 0.3) is 5.69 Å². The molecule has 26 heavy (non-hydrogen) atoms. The van der Waals surface area contributed by atoms with E-state index in [-0.39, 0.29) is 10.6 Å². The molecular weight excluding hydrogens is 330 g/mol. The molecule has 0 aliphatic carbocycles. The summed E-state index contributed by atoms with van der Waals surface area (Å²) in [7, 11) is 0. The molecule has 2 heterocycles. The van der Waals surface area contributed by atoms with Crippen molar-refractivity contribution >= 4 is 28.0 Å². The minimum absolute atomic E-state index is 0.0801. The van der Waals surface area contributed by atoms with Crippen molar-refractivity contribution in [2.45, 2.75) is 20.4 Å². The van der Waals surface area contributed by atoms with Gasteiger partial charge in [0.1, 0.15) is 5.69 Å². The number of nitro benzene ring substituents is 1. The van der Waals surface area contributed by atoms with Gasteiger partial charge < -0.3 is 10.2 Å². The molecule has 3 aromatic rings. The zero-order valence-electron chi connectivity index (χ0n) is 14.9. The normalized spacial score (nSPS) is 12.3. The first-order valence-corrected chi connectivity index (χ1v) is 8.90. The lowest BCUT2D eigenvalue weighted by Crippen LogP contribution is -2.27. The number of nitro groups is 1. The fourth-order valence-corrected chi connectivity index (χ4v) is 3.64. The molecule has 0 radical (unpaired) electrons. The Morgan fingerprint density at radius 1 is 1.19 bits per heavy atom. The molecule has 0 spiro atoms. The molecule has 0 unspecified atom stereocenters. The Bertz CT molecular complexity index is 991. The number of nitrogens with one attached hydrogen (secondary N) is 1. The van der Waals surface area contributed by atoms with Gasteiger partial charge >= 0.3 is 0 Å². The molecule has 1 N–H and O–H groups in total. The second-order valence-corrected chi connectivity index (χ2v) is 6.38. The van der Waals surface area contributed by atoms with Crippen molar-refractivity contribution in [3.8, 4) is 11.3 Å². The second-order valence-electron chi connectivity index (χ2n) is 6.38. The third-order valence-corrected chi connectivity index (χ3v) is 5.05.